The van der Waals surface area contributed by atoms with E-state index in [0.29, 0.717) is 22.4 Å². The monoisotopic (exact) mass is 439 g/mol. The van der Waals surface area contributed by atoms with Crippen molar-refractivity contribution in [1.82, 2.24) is 9.82 Å². The number of hydrazone groups is 1. The summed E-state index contributed by atoms with van der Waals surface area (Å²) in [7, 11) is -2.38. The molecule has 8 nitrogen and oxygen atoms in total. The van der Waals surface area contributed by atoms with E-state index in [0.717, 1.165) is 5.56 Å². The maximum atomic E-state index is 12.5. The summed E-state index contributed by atoms with van der Waals surface area (Å²) in [6.45, 7) is 3.53. The highest BCUT2D eigenvalue weighted by Crippen LogP contribution is 2.28. The predicted molar refractivity (Wildman–Crippen MR) is 116 cm³/mol. The van der Waals surface area contributed by atoms with Crippen LogP contribution in [0.5, 0.6) is 11.5 Å². The number of hydrogen-bond donors (Lipinski definition) is 1. The first-order valence-electron chi connectivity index (χ1n) is 9.22. The van der Waals surface area contributed by atoms with Crippen LogP contribution in [0.15, 0.2) is 70.9 Å². The summed E-state index contributed by atoms with van der Waals surface area (Å²) in [5.41, 5.74) is 2.29. The molecule has 0 bridgehead atoms. The molecule has 0 atom stereocenters. The zero-order chi connectivity index (χ0) is 22.4. The van der Waals surface area contributed by atoms with Crippen molar-refractivity contribution in [3.63, 3.8) is 0 Å². The maximum Gasteiger partial charge on any atom is 0.345 e. The summed E-state index contributed by atoms with van der Waals surface area (Å²) in [4.78, 5) is 18.5. The van der Waals surface area contributed by atoms with Gasteiger partial charge in [-0.1, -0.05) is 12.1 Å². The van der Waals surface area contributed by atoms with Crippen molar-refractivity contribution in [2.24, 2.45) is 5.10 Å². The fraction of sp³-hybridized carbons (Fsp3) is 0.136. The molecule has 3 aromatic rings. The summed E-state index contributed by atoms with van der Waals surface area (Å²) in [6, 6.07) is 13.1. The first kappa shape index (κ1) is 22.0. The number of benzene rings is 2. The lowest BCUT2D eigenvalue weighted by atomic mass is 10.2. The number of rotatable bonds is 7. The van der Waals surface area contributed by atoms with Crippen molar-refractivity contribution in [1.29, 1.82) is 0 Å². The van der Waals surface area contributed by atoms with Gasteiger partial charge in [0, 0.05) is 12.4 Å². The lowest BCUT2D eigenvalue weighted by Gasteiger charge is -2.10. The fourth-order valence-electron chi connectivity index (χ4n) is 2.71. The highest BCUT2D eigenvalue weighted by molar-refractivity contribution is 7.89. The number of nitrogens with one attached hydrogen (secondary N) is 1. The number of carbonyl (C=O) groups is 1. The number of pyridine rings is 1. The summed E-state index contributed by atoms with van der Waals surface area (Å²) >= 11 is 0. The van der Waals surface area contributed by atoms with E-state index in [1.54, 1.807) is 49.5 Å². The van der Waals surface area contributed by atoms with E-state index in [1.165, 1.54) is 25.6 Å². The van der Waals surface area contributed by atoms with Gasteiger partial charge in [-0.15, -0.1) is 0 Å². The molecule has 9 heteroatoms. The molecule has 0 unspecified atom stereocenters. The number of methoxy groups -OCH3 is 1. The van der Waals surface area contributed by atoms with Crippen molar-refractivity contribution in [2.45, 2.75) is 18.7 Å². The molecule has 0 aliphatic carbocycles. The number of carbonyl (C=O) groups excluding carboxylic acids is 1. The van der Waals surface area contributed by atoms with E-state index in [1.807, 2.05) is 13.0 Å². The zero-order valence-electron chi connectivity index (χ0n) is 17.2. The Morgan fingerprint density at radius 3 is 2.61 bits per heavy atom. The van der Waals surface area contributed by atoms with Crippen molar-refractivity contribution in [3.8, 4) is 11.5 Å². The molecule has 0 aliphatic heterocycles. The molecule has 0 fully saturated rings. The minimum absolute atomic E-state index is 0.167. The van der Waals surface area contributed by atoms with Gasteiger partial charge in [-0.05, 0) is 66.9 Å². The molecule has 1 aromatic heterocycles. The maximum absolute atomic E-state index is 12.5. The van der Waals surface area contributed by atoms with Crippen LogP contribution in [0.4, 0.5) is 0 Å². The first-order chi connectivity index (χ1) is 14.8. The second-order valence-electron chi connectivity index (χ2n) is 6.66. The Morgan fingerprint density at radius 1 is 1.10 bits per heavy atom. The van der Waals surface area contributed by atoms with E-state index in [4.69, 9.17) is 9.47 Å². The standard InChI is InChI=1S/C22H21N3O5S/c1-15-6-7-16(2)21(11-15)31(27,28)25-24-13-17-8-9-19(20(12-17)29-3)30-22(26)18-5-4-10-23-14-18/h4-14,25H,1-3H3. The SMILES string of the molecule is COc1cc(C=NNS(=O)(=O)c2cc(C)ccc2C)ccc1OC(=O)c1cccnc1. The van der Waals surface area contributed by atoms with Gasteiger partial charge in [0.05, 0.1) is 23.8 Å². The Balaban J connectivity index is 1.74. The quantitative estimate of drug-likeness (QED) is 0.262. The molecule has 2 aromatic carbocycles. The van der Waals surface area contributed by atoms with E-state index in [9.17, 15) is 13.2 Å². The number of hydrogen-bond acceptors (Lipinski definition) is 7. The fourth-order valence-corrected chi connectivity index (χ4v) is 3.83. The van der Waals surface area contributed by atoms with Crippen LogP contribution in [0, 0.1) is 13.8 Å². The first-order valence-corrected chi connectivity index (χ1v) is 10.7. The van der Waals surface area contributed by atoms with Crippen molar-refractivity contribution < 1.29 is 22.7 Å². The van der Waals surface area contributed by atoms with E-state index < -0.39 is 16.0 Å². The van der Waals surface area contributed by atoms with E-state index in [2.05, 4.69) is 14.9 Å². The molecule has 0 amide bonds. The second-order valence-corrected chi connectivity index (χ2v) is 8.29. The Morgan fingerprint density at radius 2 is 1.90 bits per heavy atom. The van der Waals surface area contributed by atoms with Gasteiger partial charge in [0.2, 0.25) is 0 Å². The average Bonchev–Trinajstić information content (AvgIpc) is 2.76. The van der Waals surface area contributed by atoms with Crippen LogP contribution in [0.25, 0.3) is 0 Å². The number of aryl methyl sites for hydroxylation is 2. The summed E-state index contributed by atoms with van der Waals surface area (Å²) in [6.07, 6.45) is 4.29. The Labute approximate surface area is 180 Å². The third-order valence-corrected chi connectivity index (χ3v) is 5.67. The molecule has 31 heavy (non-hydrogen) atoms. The topological polar surface area (TPSA) is 107 Å². The third-order valence-electron chi connectivity index (χ3n) is 4.31. The van der Waals surface area contributed by atoms with Crippen molar-refractivity contribution in [3.05, 3.63) is 83.2 Å². The smallest absolute Gasteiger partial charge is 0.345 e. The van der Waals surface area contributed by atoms with Crippen LogP contribution < -0.4 is 14.3 Å². The van der Waals surface area contributed by atoms with Gasteiger partial charge < -0.3 is 9.47 Å². The van der Waals surface area contributed by atoms with Gasteiger partial charge in [-0.3, -0.25) is 4.98 Å². The highest BCUT2D eigenvalue weighted by atomic mass is 32.2. The number of sulfonamides is 1. The average molecular weight is 439 g/mol. The third kappa shape index (κ3) is 5.46. The molecule has 0 spiro atoms. The van der Waals surface area contributed by atoms with Gasteiger partial charge in [-0.25, -0.2) is 9.63 Å². The van der Waals surface area contributed by atoms with E-state index in [-0.39, 0.29) is 10.6 Å². The van der Waals surface area contributed by atoms with Gasteiger partial charge in [0.1, 0.15) is 0 Å². The zero-order valence-corrected chi connectivity index (χ0v) is 18.0. The van der Waals surface area contributed by atoms with Crippen LogP contribution in [-0.2, 0) is 10.0 Å². The molecule has 0 saturated carbocycles. The lowest BCUT2D eigenvalue weighted by Crippen LogP contribution is -2.19. The van der Waals surface area contributed by atoms with E-state index >= 15 is 0 Å². The second kappa shape index (κ2) is 9.40. The number of aromatic nitrogens is 1. The Hall–Kier alpha value is -3.72. The number of esters is 1. The molecule has 160 valence electrons. The van der Waals surface area contributed by atoms with Crippen LogP contribution in [0.2, 0.25) is 0 Å². The molecule has 0 aliphatic rings. The van der Waals surface area contributed by atoms with Gasteiger partial charge in [-0.2, -0.15) is 13.5 Å². The Kier molecular flexibility index (Phi) is 6.66. The highest BCUT2D eigenvalue weighted by Gasteiger charge is 2.16. The molecule has 3 rings (SSSR count). The summed E-state index contributed by atoms with van der Waals surface area (Å²) in [5.74, 6) is -0.0721. The minimum Gasteiger partial charge on any atom is -0.493 e. The number of nitrogens with zero attached hydrogens (tertiary/aromatic N) is 2. The van der Waals surface area contributed by atoms with Crippen LogP contribution in [0.1, 0.15) is 27.0 Å². The van der Waals surface area contributed by atoms with Crippen LogP contribution >= 0.6 is 0 Å². The normalized spacial score (nSPS) is 11.3. The van der Waals surface area contributed by atoms with Gasteiger partial charge in [0.15, 0.2) is 11.5 Å². The number of ether oxygens (including phenoxy) is 2. The largest absolute Gasteiger partial charge is 0.493 e. The van der Waals surface area contributed by atoms with Gasteiger partial charge >= 0.3 is 5.97 Å². The summed E-state index contributed by atoms with van der Waals surface area (Å²) in [5, 5.41) is 3.84. The molecular weight excluding hydrogens is 418 g/mol. The molecule has 0 saturated heterocycles. The Bertz CT molecular complexity index is 1230. The van der Waals surface area contributed by atoms with Crippen LogP contribution in [-0.4, -0.2) is 32.7 Å². The predicted octanol–water partition coefficient (Wildman–Crippen LogP) is 3.24. The van der Waals surface area contributed by atoms with Crippen LogP contribution in [0.3, 0.4) is 0 Å². The minimum atomic E-state index is -3.81. The lowest BCUT2D eigenvalue weighted by molar-refractivity contribution is 0.0729. The molecular formula is C22H21N3O5S. The van der Waals surface area contributed by atoms with Gasteiger partial charge in [0.25, 0.3) is 10.0 Å². The molecule has 0 radical (unpaired) electrons. The van der Waals surface area contributed by atoms with Crippen molar-refractivity contribution in [2.75, 3.05) is 7.11 Å². The molecule has 1 N–H and O–H groups in total. The van der Waals surface area contributed by atoms with Crippen molar-refractivity contribution >= 4 is 22.2 Å². The molecule has 1 heterocycles. The summed E-state index contributed by atoms with van der Waals surface area (Å²) < 4.78 is 35.7.